The lowest BCUT2D eigenvalue weighted by Gasteiger charge is -2.11. The number of amides is 1. The van der Waals surface area contributed by atoms with E-state index in [1.165, 1.54) is 11.1 Å². The maximum absolute atomic E-state index is 12.7. The van der Waals surface area contributed by atoms with E-state index in [0.29, 0.717) is 24.0 Å². The second-order valence-corrected chi connectivity index (χ2v) is 8.10. The fraction of sp³-hybridized carbons (Fsp3) is 0.296. The van der Waals surface area contributed by atoms with Crippen molar-refractivity contribution >= 4 is 11.6 Å². The zero-order valence-corrected chi connectivity index (χ0v) is 18.3. The Bertz CT molecular complexity index is 959. The van der Waals surface area contributed by atoms with Crippen molar-refractivity contribution < 1.29 is 9.53 Å². The van der Waals surface area contributed by atoms with E-state index in [9.17, 15) is 4.79 Å². The number of hydrogen-bond acceptors (Lipinski definition) is 2. The van der Waals surface area contributed by atoms with Crippen molar-refractivity contribution in [2.75, 3.05) is 5.32 Å². The summed E-state index contributed by atoms with van der Waals surface area (Å²) in [5, 5.41) is 2.98. The van der Waals surface area contributed by atoms with Crippen LogP contribution in [0.1, 0.15) is 73.0 Å². The third-order valence-electron chi connectivity index (χ3n) is 5.49. The number of rotatable bonds is 8. The molecule has 0 aliphatic carbocycles. The highest BCUT2D eigenvalue weighted by Crippen LogP contribution is 2.22. The molecule has 0 bridgehead atoms. The molecule has 3 aromatic rings. The Kier molecular flexibility index (Phi) is 7.29. The van der Waals surface area contributed by atoms with Gasteiger partial charge in [-0.05, 0) is 71.3 Å². The van der Waals surface area contributed by atoms with Crippen LogP contribution in [0.5, 0.6) is 5.75 Å². The Morgan fingerprint density at radius 3 is 2.20 bits per heavy atom. The number of benzene rings is 3. The summed E-state index contributed by atoms with van der Waals surface area (Å²) in [4.78, 5) is 12.7. The van der Waals surface area contributed by atoms with Crippen LogP contribution in [0.25, 0.3) is 0 Å². The number of hydrogen-bond donors (Lipinski definition) is 1. The van der Waals surface area contributed by atoms with Gasteiger partial charge in [-0.15, -0.1) is 0 Å². The van der Waals surface area contributed by atoms with Gasteiger partial charge in [-0.25, -0.2) is 0 Å². The molecule has 156 valence electrons. The Morgan fingerprint density at radius 1 is 0.900 bits per heavy atom. The molecular weight excluding hydrogens is 370 g/mol. The lowest BCUT2D eigenvalue weighted by atomic mass is 9.98. The highest BCUT2D eigenvalue weighted by molar-refractivity contribution is 6.04. The molecule has 30 heavy (non-hydrogen) atoms. The van der Waals surface area contributed by atoms with Crippen LogP contribution >= 0.6 is 0 Å². The molecule has 0 aliphatic rings. The van der Waals surface area contributed by atoms with E-state index >= 15 is 0 Å². The highest BCUT2D eigenvalue weighted by Gasteiger charge is 2.09. The molecular formula is C27H31NO2. The molecule has 3 heteroatoms. The van der Waals surface area contributed by atoms with Gasteiger partial charge in [0, 0.05) is 11.3 Å². The summed E-state index contributed by atoms with van der Waals surface area (Å²) in [6.07, 6.45) is 1.10. The smallest absolute Gasteiger partial charge is 0.255 e. The van der Waals surface area contributed by atoms with Crippen LogP contribution in [0.4, 0.5) is 5.69 Å². The number of carbonyl (C=O) groups is 1. The van der Waals surface area contributed by atoms with Crippen LogP contribution in [-0.4, -0.2) is 5.91 Å². The Morgan fingerprint density at radius 2 is 1.57 bits per heavy atom. The van der Waals surface area contributed by atoms with Crippen molar-refractivity contribution in [3.8, 4) is 5.75 Å². The van der Waals surface area contributed by atoms with E-state index in [1.54, 1.807) is 0 Å². The summed E-state index contributed by atoms with van der Waals surface area (Å²) in [7, 11) is 0. The normalized spacial score (nSPS) is 11.9. The third-order valence-corrected chi connectivity index (χ3v) is 5.49. The maximum Gasteiger partial charge on any atom is 0.255 e. The molecule has 3 nitrogen and oxygen atoms in total. The van der Waals surface area contributed by atoms with Gasteiger partial charge in [0.1, 0.15) is 12.4 Å². The molecule has 0 fully saturated rings. The van der Waals surface area contributed by atoms with Crippen molar-refractivity contribution in [3.63, 3.8) is 0 Å². The Labute approximate surface area is 180 Å². The molecule has 0 spiro atoms. The molecule has 0 heterocycles. The molecule has 0 aliphatic heterocycles. The predicted molar refractivity (Wildman–Crippen MR) is 124 cm³/mol. The summed E-state index contributed by atoms with van der Waals surface area (Å²) >= 11 is 0. The van der Waals surface area contributed by atoms with Gasteiger partial charge in [0.2, 0.25) is 0 Å². The number of nitrogens with one attached hydrogen (secondary N) is 1. The summed E-state index contributed by atoms with van der Waals surface area (Å²) in [6, 6.07) is 23.8. The topological polar surface area (TPSA) is 38.3 Å². The second-order valence-electron chi connectivity index (χ2n) is 8.10. The summed E-state index contributed by atoms with van der Waals surface area (Å²) in [5.41, 5.74) is 4.97. The standard InChI is InChI=1S/C27H31NO2/c1-5-20(4)23-9-13-25(14-10-23)28-27(29)24-8-6-7-21(17-24)18-30-26-15-11-22(12-16-26)19(2)3/h6-17,19-20H,5,18H2,1-4H3,(H,28,29)/t20-/m0/s1. The first kappa shape index (κ1) is 21.6. The molecule has 1 atom stereocenters. The van der Waals surface area contributed by atoms with Gasteiger partial charge in [0.25, 0.3) is 5.91 Å². The zero-order chi connectivity index (χ0) is 21.5. The van der Waals surface area contributed by atoms with Crippen LogP contribution in [0, 0.1) is 0 Å². The van der Waals surface area contributed by atoms with Gasteiger partial charge in [-0.2, -0.15) is 0 Å². The monoisotopic (exact) mass is 401 g/mol. The van der Waals surface area contributed by atoms with Gasteiger partial charge in [0.15, 0.2) is 0 Å². The first-order chi connectivity index (χ1) is 14.5. The summed E-state index contributed by atoms with van der Waals surface area (Å²) < 4.78 is 5.89. The van der Waals surface area contributed by atoms with Crippen molar-refractivity contribution in [2.24, 2.45) is 0 Å². The molecule has 3 rings (SSSR count). The van der Waals surface area contributed by atoms with Crippen LogP contribution in [-0.2, 0) is 6.61 Å². The highest BCUT2D eigenvalue weighted by atomic mass is 16.5. The molecule has 0 radical (unpaired) electrons. The van der Waals surface area contributed by atoms with Crippen LogP contribution in [0.15, 0.2) is 72.8 Å². The van der Waals surface area contributed by atoms with Crippen molar-refractivity contribution in [1.82, 2.24) is 0 Å². The quantitative estimate of drug-likeness (QED) is 0.435. The van der Waals surface area contributed by atoms with Crippen LogP contribution < -0.4 is 10.1 Å². The number of ether oxygens (including phenoxy) is 1. The molecule has 1 amide bonds. The minimum atomic E-state index is -0.116. The number of anilines is 1. The van der Waals surface area contributed by atoms with Crippen molar-refractivity contribution in [2.45, 2.75) is 52.6 Å². The van der Waals surface area contributed by atoms with E-state index < -0.39 is 0 Å². The molecule has 0 saturated heterocycles. The van der Waals surface area contributed by atoms with E-state index in [4.69, 9.17) is 4.74 Å². The second kappa shape index (κ2) is 10.1. The van der Waals surface area contributed by atoms with E-state index in [0.717, 1.165) is 23.4 Å². The minimum Gasteiger partial charge on any atom is -0.489 e. The number of carbonyl (C=O) groups excluding carboxylic acids is 1. The van der Waals surface area contributed by atoms with E-state index in [-0.39, 0.29) is 5.91 Å². The first-order valence-corrected chi connectivity index (χ1v) is 10.7. The average molecular weight is 402 g/mol. The molecule has 0 saturated carbocycles. The lowest BCUT2D eigenvalue weighted by molar-refractivity contribution is 0.102. The fourth-order valence-electron chi connectivity index (χ4n) is 3.25. The average Bonchev–Trinajstić information content (AvgIpc) is 2.78. The van der Waals surface area contributed by atoms with Gasteiger partial charge >= 0.3 is 0 Å². The van der Waals surface area contributed by atoms with Crippen molar-refractivity contribution in [1.29, 1.82) is 0 Å². The van der Waals surface area contributed by atoms with Crippen molar-refractivity contribution in [3.05, 3.63) is 95.1 Å². The predicted octanol–water partition coefficient (Wildman–Crippen LogP) is 7.15. The zero-order valence-electron chi connectivity index (χ0n) is 18.3. The maximum atomic E-state index is 12.7. The van der Waals surface area contributed by atoms with Gasteiger partial charge in [0.05, 0.1) is 0 Å². The molecule has 0 aromatic heterocycles. The Balaban J connectivity index is 1.60. The van der Waals surface area contributed by atoms with Crippen LogP contribution in [0.2, 0.25) is 0 Å². The van der Waals surface area contributed by atoms with E-state index in [2.05, 4.69) is 57.3 Å². The SMILES string of the molecule is CC[C@H](C)c1ccc(NC(=O)c2cccc(COc3ccc(C(C)C)cc3)c2)cc1. The first-order valence-electron chi connectivity index (χ1n) is 10.7. The lowest BCUT2D eigenvalue weighted by Crippen LogP contribution is -2.12. The van der Waals surface area contributed by atoms with Gasteiger partial charge in [-0.1, -0.05) is 64.1 Å². The molecule has 3 aromatic carbocycles. The van der Waals surface area contributed by atoms with Crippen LogP contribution in [0.3, 0.4) is 0 Å². The summed E-state index contributed by atoms with van der Waals surface area (Å²) in [5.74, 6) is 1.73. The largest absolute Gasteiger partial charge is 0.489 e. The van der Waals surface area contributed by atoms with Gasteiger partial charge in [-0.3, -0.25) is 4.79 Å². The fourth-order valence-corrected chi connectivity index (χ4v) is 3.25. The minimum absolute atomic E-state index is 0.116. The third kappa shape index (κ3) is 5.73. The molecule has 1 N–H and O–H groups in total. The van der Waals surface area contributed by atoms with Gasteiger partial charge < -0.3 is 10.1 Å². The molecule has 0 unspecified atom stereocenters. The summed E-state index contributed by atoms with van der Waals surface area (Å²) in [6.45, 7) is 9.16. The van der Waals surface area contributed by atoms with E-state index in [1.807, 2.05) is 48.5 Å². The Hall–Kier alpha value is -3.07.